The van der Waals surface area contributed by atoms with E-state index in [1.807, 2.05) is 0 Å². The third kappa shape index (κ3) is 5.83. The molecule has 2 aromatic rings. The van der Waals surface area contributed by atoms with Crippen molar-refractivity contribution in [3.8, 4) is 5.75 Å². The molecular formula is C19H16F3NO5. The van der Waals surface area contributed by atoms with Gasteiger partial charge in [0.25, 0.3) is 5.91 Å². The molecule has 0 aromatic heterocycles. The first-order valence-electron chi connectivity index (χ1n) is 8.04. The van der Waals surface area contributed by atoms with Gasteiger partial charge in [0.2, 0.25) is 0 Å². The van der Waals surface area contributed by atoms with Crippen LogP contribution in [0.3, 0.4) is 0 Å². The van der Waals surface area contributed by atoms with Gasteiger partial charge in [-0.15, -0.1) is 0 Å². The molecule has 0 unspecified atom stereocenters. The summed E-state index contributed by atoms with van der Waals surface area (Å²) >= 11 is 0. The first-order chi connectivity index (χ1) is 13.1. The number of carbonyl (C=O) groups is 3. The van der Waals surface area contributed by atoms with E-state index in [9.17, 15) is 32.7 Å². The molecule has 1 atom stereocenters. The molecule has 2 N–H and O–H groups in total. The summed E-state index contributed by atoms with van der Waals surface area (Å²) in [6.45, 7) is 1.22. The van der Waals surface area contributed by atoms with Gasteiger partial charge in [0.1, 0.15) is 11.8 Å². The molecule has 28 heavy (non-hydrogen) atoms. The van der Waals surface area contributed by atoms with Crippen molar-refractivity contribution in [2.24, 2.45) is 0 Å². The molecule has 0 saturated heterocycles. The first kappa shape index (κ1) is 20.9. The van der Waals surface area contributed by atoms with Crippen LogP contribution in [0.15, 0.2) is 48.5 Å². The van der Waals surface area contributed by atoms with E-state index in [1.54, 1.807) is 0 Å². The fraction of sp³-hybridized carbons (Fsp3) is 0.211. The number of benzene rings is 2. The fourth-order valence-electron chi connectivity index (χ4n) is 2.35. The molecule has 0 aliphatic rings. The summed E-state index contributed by atoms with van der Waals surface area (Å²) < 4.78 is 42.6. The third-order valence-electron chi connectivity index (χ3n) is 3.70. The quantitative estimate of drug-likeness (QED) is 0.579. The summed E-state index contributed by atoms with van der Waals surface area (Å²) in [6.07, 6.45) is -4.68. The number of rotatable bonds is 6. The van der Waals surface area contributed by atoms with E-state index in [0.717, 1.165) is 12.1 Å². The predicted octanol–water partition coefficient (Wildman–Crippen LogP) is 3.06. The molecule has 6 nitrogen and oxygen atoms in total. The van der Waals surface area contributed by atoms with Gasteiger partial charge >= 0.3 is 18.1 Å². The number of halogens is 3. The molecule has 1 amide bonds. The highest BCUT2D eigenvalue weighted by molar-refractivity contribution is 5.96. The number of hydrogen-bond donors (Lipinski definition) is 2. The normalized spacial score (nSPS) is 12.1. The molecule has 2 rings (SSSR count). The van der Waals surface area contributed by atoms with Crippen molar-refractivity contribution in [2.45, 2.75) is 25.6 Å². The molecule has 0 bridgehead atoms. The van der Waals surface area contributed by atoms with Crippen molar-refractivity contribution in [1.29, 1.82) is 0 Å². The summed E-state index contributed by atoms with van der Waals surface area (Å²) in [5.74, 6) is -2.32. The van der Waals surface area contributed by atoms with Crippen LogP contribution in [-0.4, -0.2) is 29.0 Å². The Labute approximate surface area is 157 Å². The van der Waals surface area contributed by atoms with Crippen LogP contribution < -0.4 is 10.1 Å². The maximum absolute atomic E-state index is 12.6. The number of carbonyl (C=O) groups excluding carboxylic acids is 2. The van der Waals surface area contributed by atoms with Crippen molar-refractivity contribution in [3.05, 3.63) is 65.2 Å². The first-order valence-corrected chi connectivity index (χ1v) is 8.04. The van der Waals surface area contributed by atoms with Crippen LogP contribution >= 0.6 is 0 Å². The van der Waals surface area contributed by atoms with Gasteiger partial charge in [-0.1, -0.05) is 12.1 Å². The molecule has 0 spiro atoms. The van der Waals surface area contributed by atoms with E-state index in [4.69, 9.17) is 4.74 Å². The Kier molecular flexibility index (Phi) is 6.40. The van der Waals surface area contributed by atoms with E-state index < -0.39 is 35.6 Å². The SMILES string of the molecule is CC(=O)Oc1ccc(C(=O)N[C@@H](Cc2ccc(C(F)(F)F)cc2)C(=O)O)cc1. The van der Waals surface area contributed by atoms with Crippen LogP contribution in [0.5, 0.6) is 5.75 Å². The van der Waals surface area contributed by atoms with Crippen LogP contribution in [0, 0.1) is 0 Å². The fourth-order valence-corrected chi connectivity index (χ4v) is 2.35. The molecule has 0 heterocycles. The monoisotopic (exact) mass is 395 g/mol. The van der Waals surface area contributed by atoms with Gasteiger partial charge in [0.05, 0.1) is 5.56 Å². The van der Waals surface area contributed by atoms with Crippen molar-refractivity contribution >= 4 is 17.8 Å². The minimum Gasteiger partial charge on any atom is -0.480 e. The van der Waals surface area contributed by atoms with E-state index in [-0.39, 0.29) is 17.7 Å². The van der Waals surface area contributed by atoms with Gasteiger partial charge < -0.3 is 15.2 Å². The van der Waals surface area contributed by atoms with Gasteiger partial charge in [0.15, 0.2) is 0 Å². The van der Waals surface area contributed by atoms with E-state index in [0.29, 0.717) is 5.56 Å². The second kappa shape index (κ2) is 8.55. The number of amides is 1. The van der Waals surface area contributed by atoms with Gasteiger partial charge in [-0.3, -0.25) is 9.59 Å². The van der Waals surface area contributed by atoms with Gasteiger partial charge in [-0.05, 0) is 42.0 Å². The molecule has 0 aliphatic carbocycles. The van der Waals surface area contributed by atoms with E-state index >= 15 is 0 Å². The minimum atomic E-state index is -4.49. The van der Waals surface area contributed by atoms with Crippen molar-refractivity contribution in [3.63, 3.8) is 0 Å². The zero-order valence-corrected chi connectivity index (χ0v) is 14.6. The zero-order valence-electron chi connectivity index (χ0n) is 14.6. The topological polar surface area (TPSA) is 92.7 Å². The number of carboxylic acid groups (broad SMARTS) is 1. The Balaban J connectivity index is 2.07. The Hall–Kier alpha value is -3.36. The highest BCUT2D eigenvalue weighted by Gasteiger charge is 2.30. The van der Waals surface area contributed by atoms with Crippen LogP contribution in [0.4, 0.5) is 13.2 Å². The van der Waals surface area contributed by atoms with Gasteiger partial charge in [-0.25, -0.2) is 4.79 Å². The minimum absolute atomic E-state index is 0.134. The van der Waals surface area contributed by atoms with Crippen molar-refractivity contribution in [2.75, 3.05) is 0 Å². The lowest BCUT2D eigenvalue weighted by atomic mass is 10.0. The maximum atomic E-state index is 12.6. The number of aliphatic carboxylic acids is 1. The van der Waals surface area contributed by atoms with Crippen molar-refractivity contribution in [1.82, 2.24) is 5.32 Å². The summed E-state index contributed by atoms with van der Waals surface area (Å²) in [5, 5.41) is 11.6. The average Bonchev–Trinajstić information content (AvgIpc) is 2.60. The summed E-state index contributed by atoms with van der Waals surface area (Å²) in [4.78, 5) is 34.5. The van der Waals surface area contributed by atoms with Crippen LogP contribution in [0.2, 0.25) is 0 Å². The molecule has 0 radical (unpaired) electrons. The number of hydrogen-bond acceptors (Lipinski definition) is 4. The second-order valence-corrected chi connectivity index (χ2v) is 5.88. The molecular weight excluding hydrogens is 379 g/mol. The lowest BCUT2D eigenvalue weighted by Crippen LogP contribution is -2.42. The molecule has 148 valence electrons. The standard InChI is InChI=1S/C19H16F3NO5/c1-11(24)28-15-8-4-13(5-9-15)17(25)23-16(18(26)27)10-12-2-6-14(7-3-12)19(20,21)22/h2-9,16H,10H2,1H3,(H,23,25)(H,26,27)/t16-/m0/s1. The number of esters is 1. The summed E-state index contributed by atoms with van der Waals surface area (Å²) in [6, 6.07) is 8.15. The Bertz CT molecular complexity index is 861. The highest BCUT2D eigenvalue weighted by atomic mass is 19.4. The second-order valence-electron chi connectivity index (χ2n) is 5.88. The molecule has 0 saturated carbocycles. The van der Waals surface area contributed by atoms with E-state index in [1.165, 1.54) is 43.3 Å². The number of alkyl halides is 3. The molecule has 9 heteroatoms. The van der Waals surface area contributed by atoms with Crippen molar-refractivity contribution < 1.29 is 37.4 Å². The van der Waals surface area contributed by atoms with Crippen LogP contribution in [0.1, 0.15) is 28.4 Å². The third-order valence-corrected chi connectivity index (χ3v) is 3.70. The Morgan fingerprint density at radius 1 is 1.04 bits per heavy atom. The van der Waals surface area contributed by atoms with Gasteiger partial charge in [-0.2, -0.15) is 13.2 Å². The van der Waals surface area contributed by atoms with Gasteiger partial charge in [0, 0.05) is 18.9 Å². The number of ether oxygens (including phenoxy) is 1. The Morgan fingerprint density at radius 3 is 2.07 bits per heavy atom. The summed E-state index contributed by atoms with van der Waals surface area (Å²) in [7, 11) is 0. The lowest BCUT2D eigenvalue weighted by Gasteiger charge is -2.15. The van der Waals surface area contributed by atoms with Crippen LogP contribution in [0.25, 0.3) is 0 Å². The number of carboxylic acids is 1. The maximum Gasteiger partial charge on any atom is 0.416 e. The van der Waals surface area contributed by atoms with E-state index in [2.05, 4.69) is 5.32 Å². The average molecular weight is 395 g/mol. The number of nitrogens with one attached hydrogen (secondary N) is 1. The Morgan fingerprint density at radius 2 is 1.61 bits per heavy atom. The smallest absolute Gasteiger partial charge is 0.416 e. The largest absolute Gasteiger partial charge is 0.480 e. The lowest BCUT2D eigenvalue weighted by molar-refractivity contribution is -0.139. The highest BCUT2D eigenvalue weighted by Crippen LogP contribution is 2.29. The predicted molar refractivity (Wildman–Crippen MR) is 91.8 cm³/mol. The molecule has 0 fully saturated rings. The molecule has 2 aromatic carbocycles. The summed E-state index contributed by atoms with van der Waals surface area (Å²) in [5.41, 5.74) is -0.388. The zero-order chi connectivity index (χ0) is 20.9. The molecule has 0 aliphatic heterocycles. The van der Waals surface area contributed by atoms with Crippen LogP contribution in [-0.2, 0) is 22.2 Å².